The van der Waals surface area contributed by atoms with Gasteiger partial charge in [-0.1, -0.05) is 6.07 Å². The molecule has 4 aromatic rings. The number of nitriles is 1. The zero-order valence-electron chi connectivity index (χ0n) is 25.9. The number of benzene rings is 2. The second-order valence-corrected chi connectivity index (χ2v) is 12.3. The summed E-state index contributed by atoms with van der Waals surface area (Å²) < 4.78 is 44.9. The van der Waals surface area contributed by atoms with Crippen LogP contribution in [0.2, 0.25) is 0 Å². The first-order valence-electron chi connectivity index (χ1n) is 14.6. The maximum atomic E-state index is 14.0. The molecular weight excluding hydrogens is 601 g/mol. The zero-order valence-corrected chi connectivity index (χ0v) is 25.9. The van der Waals surface area contributed by atoms with Crippen LogP contribution in [0.3, 0.4) is 0 Å². The highest BCUT2D eigenvalue weighted by Gasteiger charge is 2.33. The van der Waals surface area contributed by atoms with Crippen molar-refractivity contribution in [1.29, 1.82) is 5.26 Å². The number of aromatic nitrogens is 4. The molecule has 5 rings (SSSR count). The minimum Gasteiger partial charge on any atom is -0.338 e. The highest BCUT2D eigenvalue weighted by molar-refractivity contribution is 5.83. The van der Waals surface area contributed by atoms with Crippen molar-refractivity contribution < 1.29 is 27.2 Å². The summed E-state index contributed by atoms with van der Waals surface area (Å²) in [6.07, 6.45) is -0.625. The Morgan fingerprint density at radius 3 is 2.35 bits per heavy atom. The van der Waals surface area contributed by atoms with E-state index in [1.54, 1.807) is 39.9 Å². The molecule has 0 bridgehead atoms. The van der Waals surface area contributed by atoms with E-state index in [2.05, 4.69) is 16.4 Å². The van der Waals surface area contributed by atoms with Crippen molar-refractivity contribution in [2.75, 3.05) is 40.8 Å². The normalized spacial score (nSPS) is 14.3. The van der Waals surface area contributed by atoms with Gasteiger partial charge in [0, 0.05) is 37.2 Å². The number of hydrogen-bond acceptors (Lipinski definition) is 5. The molecule has 1 N–H and O–H groups in total. The van der Waals surface area contributed by atoms with Crippen LogP contribution < -0.4 is 11.0 Å². The lowest BCUT2D eigenvalue weighted by molar-refractivity contribution is -0.862. The molecule has 2 aromatic heterocycles. The highest BCUT2D eigenvalue weighted by Crippen LogP contribution is 2.32. The number of alkyl halides is 3. The summed E-state index contributed by atoms with van der Waals surface area (Å²) in [4.78, 5) is 46.8. The van der Waals surface area contributed by atoms with Crippen molar-refractivity contribution in [2.24, 2.45) is 0 Å². The van der Waals surface area contributed by atoms with Gasteiger partial charge < -0.3 is 14.7 Å². The van der Waals surface area contributed by atoms with Gasteiger partial charge in [-0.3, -0.25) is 13.9 Å². The molecule has 11 nitrogen and oxygen atoms in total. The van der Waals surface area contributed by atoms with Gasteiger partial charge in [0.2, 0.25) is 0 Å². The van der Waals surface area contributed by atoms with Gasteiger partial charge in [0.05, 0.1) is 49.7 Å². The fraction of sp³-hybridized carbons (Fsp3) is 0.344. The maximum absolute atomic E-state index is 14.0. The van der Waals surface area contributed by atoms with E-state index in [-0.39, 0.29) is 34.8 Å². The first kappa shape index (κ1) is 32.2. The summed E-state index contributed by atoms with van der Waals surface area (Å²) in [5, 5.41) is 12.1. The first-order valence-corrected chi connectivity index (χ1v) is 14.6. The number of halogens is 3. The summed E-state index contributed by atoms with van der Waals surface area (Å²) in [6, 6.07) is 11.8. The van der Waals surface area contributed by atoms with Crippen LogP contribution in [-0.4, -0.2) is 86.8 Å². The monoisotopic (exact) mass is 635 g/mol. The summed E-state index contributed by atoms with van der Waals surface area (Å²) >= 11 is 0. The lowest BCUT2D eigenvalue weighted by Gasteiger charge is -2.34. The average Bonchev–Trinajstić information content (AvgIpc) is 3.58. The minimum absolute atomic E-state index is 0.0132. The van der Waals surface area contributed by atoms with Gasteiger partial charge in [0.1, 0.15) is 5.69 Å². The second kappa shape index (κ2) is 12.3. The Morgan fingerprint density at radius 1 is 1.07 bits per heavy atom. The van der Waals surface area contributed by atoms with E-state index < -0.39 is 23.5 Å². The Hall–Kier alpha value is -5.16. The quantitative estimate of drug-likeness (QED) is 0.322. The number of nitrogens with one attached hydrogen (secondary N) is 1. The molecule has 1 aliphatic rings. The molecule has 0 aliphatic carbocycles. The molecule has 2 aromatic carbocycles. The van der Waals surface area contributed by atoms with Gasteiger partial charge >= 0.3 is 17.9 Å². The van der Waals surface area contributed by atoms with Crippen molar-refractivity contribution in [3.63, 3.8) is 0 Å². The number of nitrogens with zero attached hydrogens (tertiary/aromatic N) is 7. The smallest absolute Gasteiger partial charge is 0.338 e. The summed E-state index contributed by atoms with van der Waals surface area (Å²) in [5.74, 6) is 0.208. The predicted molar refractivity (Wildman–Crippen MR) is 163 cm³/mol. The van der Waals surface area contributed by atoms with Gasteiger partial charge in [0.25, 0.3) is 5.91 Å². The molecule has 1 fully saturated rings. The van der Waals surface area contributed by atoms with E-state index in [0.717, 1.165) is 21.3 Å². The van der Waals surface area contributed by atoms with Crippen LogP contribution in [0, 0.1) is 18.3 Å². The van der Waals surface area contributed by atoms with Crippen molar-refractivity contribution in [3.8, 4) is 29.0 Å². The van der Waals surface area contributed by atoms with Gasteiger partial charge in [-0.2, -0.15) is 18.4 Å². The highest BCUT2D eigenvalue weighted by atomic mass is 19.4. The number of imidazole rings is 2. The number of rotatable bonds is 6. The number of carbonyl (C=O) groups excluding carboxylic acids is 2. The van der Waals surface area contributed by atoms with Gasteiger partial charge in [-0.15, -0.1) is 0 Å². The van der Waals surface area contributed by atoms with Gasteiger partial charge in [-0.25, -0.2) is 19.1 Å². The summed E-state index contributed by atoms with van der Waals surface area (Å²) in [5.41, 5.74) is -0.575. The maximum Gasteiger partial charge on any atom is 0.416 e. The van der Waals surface area contributed by atoms with Crippen LogP contribution in [0.15, 0.2) is 65.7 Å². The van der Waals surface area contributed by atoms with E-state index in [1.807, 2.05) is 21.1 Å². The lowest BCUT2D eigenvalue weighted by atomic mass is 10.1. The Kier molecular flexibility index (Phi) is 8.64. The Bertz CT molecular complexity index is 1870. The van der Waals surface area contributed by atoms with Gasteiger partial charge in [-0.05, 0) is 62.2 Å². The predicted octanol–water partition coefficient (Wildman–Crippen LogP) is 3.95. The molecule has 3 heterocycles. The lowest BCUT2D eigenvalue weighted by Crippen LogP contribution is -2.52. The van der Waals surface area contributed by atoms with Crippen molar-refractivity contribution in [2.45, 2.75) is 32.0 Å². The third kappa shape index (κ3) is 6.59. The Labute approximate surface area is 263 Å². The SMILES string of the molecule is Cc1c(-c2nccn2-c2ccc(C#N)cc2)n(C(=O)NC2CCN(C(=O)C[N+](C)(C)C)CC2)c(=O)n1-c1cccc(C(F)(F)F)c1. The number of hydrogen-bond donors (Lipinski definition) is 1. The summed E-state index contributed by atoms with van der Waals surface area (Å²) in [6.45, 7) is 2.73. The molecule has 240 valence electrons. The molecule has 0 atom stereocenters. The standard InChI is InChI=1S/C32H33F3N8O3/c1-21-28(29-37-14-17-40(29)25-10-8-22(19-36)9-11-25)42(31(46)41(21)26-7-5-6-23(18-26)32(33,34)35)30(45)38-24-12-15-39(16-13-24)27(44)20-43(2,3)4/h5-11,14,17-18,24H,12-13,15-16,20H2,1-4H3/p+1. The van der Waals surface area contributed by atoms with Crippen molar-refractivity contribution in [3.05, 3.63) is 88.2 Å². The van der Waals surface area contributed by atoms with Crippen LogP contribution >= 0.6 is 0 Å². The number of piperidine rings is 1. The van der Waals surface area contributed by atoms with E-state index in [4.69, 9.17) is 0 Å². The average molecular weight is 636 g/mol. The molecule has 0 spiro atoms. The fourth-order valence-electron chi connectivity index (χ4n) is 5.58. The molecule has 14 heteroatoms. The third-order valence-electron chi connectivity index (χ3n) is 7.83. The Balaban J connectivity index is 1.54. The van der Waals surface area contributed by atoms with Crippen LogP contribution in [0.4, 0.5) is 18.0 Å². The summed E-state index contributed by atoms with van der Waals surface area (Å²) in [7, 11) is 5.79. The molecule has 0 radical (unpaired) electrons. The van der Waals surface area contributed by atoms with Crippen LogP contribution in [0.25, 0.3) is 22.9 Å². The molecule has 1 saturated heterocycles. The number of carbonyl (C=O) groups is 2. The fourth-order valence-corrected chi connectivity index (χ4v) is 5.58. The van der Waals surface area contributed by atoms with E-state index >= 15 is 0 Å². The number of quaternary nitrogens is 1. The Morgan fingerprint density at radius 2 is 1.74 bits per heavy atom. The molecule has 0 unspecified atom stereocenters. The van der Waals surface area contributed by atoms with E-state index in [9.17, 15) is 32.8 Å². The molecule has 46 heavy (non-hydrogen) atoms. The number of likely N-dealkylation sites (tertiary alicyclic amines) is 1. The van der Waals surface area contributed by atoms with Crippen LogP contribution in [0.1, 0.15) is 29.7 Å². The number of amides is 2. The second-order valence-electron chi connectivity index (χ2n) is 12.3. The van der Waals surface area contributed by atoms with E-state index in [1.165, 1.54) is 25.3 Å². The van der Waals surface area contributed by atoms with E-state index in [0.29, 0.717) is 48.2 Å². The van der Waals surface area contributed by atoms with Gasteiger partial charge in [0.15, 0.2) is 12.4 Å². The first-order chi connectivity index (χ1) is 21.7. The van der Waals surface area contributed by atoms with Crippen molar-refractivity contribution in [1.82, 2.24) is 28.9 Å². The minimum atomic E-state index is -4.65. The topological polar surface area (TPSA) is 118 Å². The molecule has 2 amide bonds. The number of likely N-dealkylation sites (N-methyl/N-ethyl adjacent to an activating group) is 1. The van der Waals surface area contributed by atoms with Crippen LogP contribution in [-0.2, 0) is 11.0 Å². The van der Waals surface area contributed by atoms with Crippen molar-refractivity contribution >= 4 is 11.9 Å². The largest absolute Gasteiger partial charge is 0.416 e. The third-order valence-corrected chi connectivity index (χ3v) is 7.83. The molecule has 1 aliphatic heterocycles. The molecule has 0 saturated carbocycles. The zero-order chi connectivity index (χ0) is 33.4. The molecular formula is C32H34F3N8O3+. The van der Waals surface area contributed by atoms with Crippen LogP contribution in [0.5, 0.6) is 0 Å².